The predicted octanol–water partition coefficient (Wildman–Crippen LogP) is 0.704. The zero-order valence-corrected chi connectivity index (χ0v) is 11.9. The van der Waals surface area contributed by atoms with Gasteiger partial charge in [-0.25, -0.2) is 19.3 Å². The Labute approximate surface area is 124 Å². The molecule has 0 aromatic carbocycles. The average Bonchev–Trinajstić information content (AvgIpc) is 2.91. The number of rotatable bonds is 2. The maximum Gasteiger partial charge on any atom is 0.166 e. The first kappa shape index (κ1) is 14.6. The van der Waals surface area contributed by atoms with Gasteiger partial charge in [-0.3, -0.25) is 4.57 Å². The molecule has 2 aromatic rings. The van der Waals surface area contributed by atoms with Gasteiger partial charge in [-0.1, -0.05) is 18.5 Å². The lowest BCUT2D eigenvalue weighted by Crippen LogP contribution is -2.51. The summed E-state index contributed by atoms with van der Waals surface area (Å²) in [6.07, 6.45) is -1.94. The normalized spacial score (nSPS) is 33.5. The van der Waals surface area contributed by atoms with E-state index >= 15 is 0 Å². The van der Waals surface area contributed by atoms with E-state index in [2.05, 4.69) is 15.0 Å². The van der Waals surface area contributed by atoms with Crippen LogP contribution in [0.25, 0.3) is 11.2 Å². The van der Waals surface area contributed by atoms with Gasteiger partial charge in [0, 0.05) is 5.92 Å². The van der Waals surface area contributed by atoms with E-state index in [-0.39, 0.29) is 5.15 Å². The molecule has 5 atom stereocenters. The van der Waals surface area contributed by atoms with Gasteiger partial charge in [0.1, 0.15) is 36.5 Å². The Balaban J connectivity index is 2.03. The fraction of sp³-hybridized carbons (Fsp3) is 0.583. The van der Waals surface area contributed by atoms with Gasteiger partial charge in [-0.15, -0.1) is 0 Å². The van der Waals surface area contributed by atoms with Crippen molar-refractivity contribution in [1.82, 2.24) is 19.5 Å². The number of hydrogen-bond acceptors (Lipinski definition) is 6. The molecular formula is C12H14ClFN4O3. The highest BCUT2D eigenvalue weighted by atomic mass is 35.5. The van der Waals surface area contributed by atoms with E-state index in [9.17, 15) is 14.6 Å². The van der Waals surface area contributed by atoms with E-state index in [0.717, 1.165) is 0 Å². The molecule has 0 aliphatic carbocycles. The molecule has 1 saturated heterocycles. The van der Waals surface area contributed by atoms with Crippen molar-refractivity contribution < 1.29 is 19.3 Å². The van der Waals surface area contributed by atoms with Crippen molar-refractivity contribution in [3.05, 3.63) is 17.8 Å². The fourth-order valence-corrected chi connectivity index (χ4v) is 2.71. The molecule has 0 amide bonds. The van der Waals surface area contributed by atoms with E-state index in [1.807, 2.05) is 0 Å². The third-order valence-electron chi connectivity index (χ3n) is 3.74. The van der Waals surface area contributed by atoms with Crippen molar-refractivity contribution in [3.63, 3.8) is 0 Å². The van der Waals surface area contributed by atoms with Crippen LogP contribution in [0.1, 0.15) is 13.2 Å². The third-order valence-corrected chi connectivity index (χ3v) is 4.02. The monoisotopic (exact) mass is 316 g/mol. The van der Waals surface area contributed by atoms with Gasteiger partial charge in [-0.2, -0.15) is 0 Å². The topological polar surface area (TPSA) is 93.3 Å². The van der Waals surface area contributed by atoms with Gasteiger partial charge in [0.25, 0.3) is 0 Å². The first-order valence-corrected chi connectivity index (χ1v) is 6.84. The van der Waals surface area contributed by atoms with Gasteiger partial charge >= 0.3 is 0 Å². The highest BCUT2D eigenvalue weighted by Gasteiger charge is 2.44. The highest BCUT2D eigenvalue weighted by Crippen LogP contribution is 2.36. The molecule has 2 aromatic heterocycles. The highest BCUT2D eigenvalue weighted by molar-refractivity contribution is 6.33. The molecule has 3 unspecified atom stereocenters. The first-order chi connectivity index (χ1) is 10.0. The van der Waals surface area contributed by atoms with Crippen LogP contribution in [0.5, 0.6) is 0 Å². The number of halogens is 2. The fourth-order valence-electron chi connectivity index (χ4n) is 2.54. The zero-order valence-electron chi connectivity index (χ0n) is 11.1. The molecule has 3 rings (SSSR count). The second kappa shape index (κ2) is 5.45. The van der Waals surface area contributed by atoms with Crippen LogP contribution in [0.3, 0.4) is 0 Å². The van der Waals surface area contributed by atoms with Gasteiger partial charge in [0.15, 0.2) is 10.8 Å². The standard InChI is InChI=1S/C12H14ClFN4O3/c1-5-7(14)9(20)6(2-19)21-12(5)18-4-17-8-10(13)15-3-16-11(8)18/h3-7,9,12,19-20H,2H2,1H3/t5?,6-,7?,9?,12-/m1/s1. The van der Waals surface area contributed by atoms with Crippen molar-refractivity contribution in [1.29, 1.82) is 0 Å². The van der Waals surface area contributed by atoms with E-state index in [4.69, 9.17) is 16.3 Å². The first-order valence-electron chi connectivity index (χ1n) is 6.46. The van der Waals surface area contributed by atoms with Crippen LogP contribution in [-0.4, -0.2) is 54.7 Å². The van der Waals surface area contributed by atoms with Crippen molar-refractivity contribution >= 4 is 22.8 Å². The maximum atomic E-state index is 14.2. The molecule has 1 aliphatic rings. The largest absolute Gasteiger partial charge is 0.394 e. The molecule has 0 bridgehead atoms. The van der Waals surface area contributed by atoms with Crippen LogP contribution >= 0.6 is 11.6 Å². The molecule has 0 saturated carbocycles. The smallest absolute Gasteiger partial charge is 0.166 e. The summed E-state index contributed by atoms with van der Waals surface area (Å²) >= 11 is 5.93. The Kier molecular flexibility index (Phi) is 3.78. The Morgan fingerprint density at radius 2 is 2.19 bits per heavy atom. The molecule has 1 aliphatic heterocycles. The summed E-state index contributed by atoms with van der Waals surface area (Å²) in [4.78, 5) is 12.0. The van der Waals surface area contributed by atoms with Crippen LogP contribution < -0.4 is 0 Å². The summed E-state index contributed by atoms with van der Waals surface area (Å²) in [5, 5.41) is 19.2. The van der Waals surface area contributed by atoms with E-state index < -0.39 is 37.1 Å². The Bertz CT molecular complexity index is 652. The molecule has 3 heterocycles. The Morgan fingerprint density at radius 1 is 1.43 bits per heavy atom. The third kappa shape index (κ3) is 2.28. The maximum absolute atomic E-state index is 14.2. The minimum Gasteiger partial charge on any atom is -0.394 e. The van der Waals surface area contributed by atoms with Crippen LogP contribution in [0.2, 0.25) is 5.15 Å². The number of aliphatic hydroxyl groups excluding tert-OH is 2. The summed E-state index contributed by atoms with van der Waals surface area (Å²) in [6, 6.07) is 0. The number of ether oxygens (including phenoxy) is 1. The van der Waals surface area contributed by atoms with Crippen LogP contribution in [-0.2, 0) is 4.74 Å². The van der Waals surface area contributed by atoms with Crippen molar-refractivity contribution in [2.75, 3.05) is 6.61 Å². The summed E-state index contributed by atoms with van der Waals surface area (Å²) in [5.74, 6) is -0.644. The molecule has 7 nitrogen and oxygen atoms in total. The van der Waals surface area contributed by atoms with E-state index in [1.54, 1.807) is 6.92 Å². The average molecular weight is 317 g/mol. The number of hydrogen-bond donors (Lipinski definition) is 2. The molecule has 0 radical (unpaired) electrons. The number of fused-ring (bicyclic) bond motifs is 1. The number of alkyl halides is 1. The molecule has 114 valence electrons. The molecule has 1 fully saturated rings. The SMILES string of the molecule is CC1C(F)C(O)[C@@H](CO)O[C@H]1n1cnc2c(Cl)ncnc21. The van der Waals surface area contributed by atoms with Gasteiger partial charge in [0.05, 0.1) is 12.9 Å². The van der Waals surface area contributed by atoms with Crippen molar-refractivity contribution in [2.45, 2.75) is 31.5 Å². The second-order valence-electron chi connectivity index (χ2n) is 5.03. The lowest BCUT2D eigenvalue weighted by molar-refractivity contribution is -0.211. The molecule has 9 heteroatoms. The van der Waals surface area contributed by atoms with Crippen molar-refractivity contribution in [2.24, 2.45) is 5.92 Å². The summed E-state index contributed by atoms with van der Waals surface area (Å²) in [7, 11) is 0. The van der Waals surface area contributed by atoms with Gasteiger partial charge < -0.3 is 14.9 Å². The Morgan fingerprint density at radius 3 is 2.90 bits per heavy atom. The molecule has 21 heavy (non-hydrogen) atoms. The lowest BCUT2D eigenvalue weighted by Gasteiger charge is -2.40. The van der Waals surface area contributed by atoms with Crippen LogP contribution in [0, 0.1) is 5.92 Å². The minimum atomic E-state index is -1.53. The molecule has 2 N–H and O–H groups in total. The Hall–Kier alpha value is -1.35. The number of imidazole rings is 1. The van der Waals surface area contributed by atoms with E-state index in [1.165, 1.54) is 17.2 Å². The van der Waals surface area contributed by atoms with Crippen molar-refractivity contribution in [3.8, 4) is 0 Å². The second-order valence-corrected chi connectivity index (χ2v) is 5.39. The number of aromatic nitrogens is 4. The summed E-state index contributed by atoms with van der Waals surface area (Å²) < 4.78 is 21.3. The summed E-state index contributed by atoms with van der Waals surface area (Å²) in [6.45, 7) is 1.13. The predicted molar refractivity (Wildman–Crippen MR) is 71.4 cm³/mol. The zero-order chi connectivity index (χ0) is 15.1. The van der Waals surface area contributed by atoms with Crippen LogP contribution in [0.15, 0.2) is 12.7 Å². The summed E-state index contributed by atoms with van der Waals surface area (Å²) in [5.41, 5.74) is 0.796. The minimum absolute atomic E-state index is 0.192. The molecular weight excluding hydrogens is 303 g/mol. The van der Waals surface area contributed by atoms with Gasteiger partial charge in [0.2, 0.25) is 0 Å². The van der Waals surface area contributed by atoms with E-state index in [0.29, 0.717) is 11.2 Å². The quantitative estimate of drug-likeness (QED) is 0.792. The molecule has 0 spiro atoms. The number of nitrogens with zero attached hydrogens (tertiary/aromatic N) is 4. The van der Waals surface area contributed by atoms with Crippen LogP contribution in [0.4, 0.5) is 4.39 Å². The number of aliphatic hydroxyl groups is 2. The lowest BCUT2D eigenvalue weighted by atomic mass is 9.92. The van der Waals surface area contributed by atoms with Gasteiger partial charge in [-0.05, 0) is 0 Å².